The van der Waals surface area contributed by atoms with E-state index in [1.54, 1.807) is 0 Å². The molecule has 0 aliphatic rings. The lowest BCUT2D eigenvalue weighted by Crippen LogP contribution is -2.40. The Morgan fingerprint density at radius 2 is 1.48 bits per heavy atom. The summed E-state index contributed by atoms with van der Waals surface area (Å²) in [6.45, 7) is 1.97. The second kappa shape index (κ2) is 7.55. The smallest absolute Gasteiger partial charge is 0.226 e. The molecule has 3 nitrogen and oxygen atoms in total. The number of nitrogens with zero attached hydrogens (tertiary/aromatic N) is 1. The van der Waals surface area contributed by atoms with E-state index in [-0.39, 0.29) is 5.91 Å². The molecule has 0 aliphatic heterocycles. The van der Waals surface area contributed by atoms with Gasteiger partial charge in [0.1, 0.15) is 0 Å². The average Bonchev–Trinajstić information content (AvgIpc) is 2.50. The minimum atomic E-state index is -0.0561. The maximum atomic E-state index is 11.8. The summed E-state index contributed by atoms with van der Waals surface area (Å²) >= 11 is 5.42. The molecule has 0 radical (unpaired) electrons. The van der Waals surface area contributed by atoms with Gasteiger partial charge in [0, 0.05) is 17.8 Å². The zero-order valence-electron chi connectivity index (χ0n) is 12.0. The van der Waals surface area contributed by atoms with Crippen LogP contribution in [0.4, 0.5) is 11.4 Å². The molecule has 0 aromatic heterocycles. The molecule has 21 heavy (non-hydrogen) atoms. The van der Waals surface area contributed by atoms with Crippen molar-refractivity contribution in [3.63, 3.8) is 0 Å². The topological polar surface area (TPSA) is 32.3 Å². The fraction of sp³-hybridized carbons (Fsp3) is 0.176. The van der Waals surface area contributed by atoms with Gasteiger partial charge in [0.25, 0.3) is 0 Å². The van der Waals surface area contributed by atoms with Crippen LogP contribution < -0.4 is 10.2 Å². The number of anilines is 2. The van der Waals surface area contributed by atoms with Gasteiger partial charge in [-0.05, 0) is 42.9 Å². The van der Waals surface area contributed by atoms with Crippen molar-refractivity contribution in [3.8, 4) is 0 Å². The van der Waals surface area contributed by atoms with Crippen molar-refractivity contribution in [1.82, 2.24) is 5.32 Å². The Balaban J connectivity index is 2.29. The van der Waals surface area contributed by atoms with Crippen LogP contribution in [-0.2, 0) is 4.79 Å². The molecule has 0 heterocycles. The highest BCUT2D eigenvalue weighted by atomic mass is 32.1. The largest absolute Gasteiger partial charge is 0.302 e. The van der Waals surface area contributed by atoms with E-state index in [4.69, 9.17) is 12.2 Å². The molecular weight excluding hydrogens is 280 g/mol. The highest BCUT2D eigenvalue weighted by molar-refractivity contribution is 7.80. The number of amides is 1. The van der Waals surface area contributed by atoms with Gasteiger partial charge in [-0.25, -0.2) is 0 Å². The van der Waals surface area contributed by atoms with E-state index in [1.165, 1.54) is 0 Å². The van der Waals surface area contributed by atoms with Crippen LogP contribution in [0.2, 0.25) is 0 Å². The first-order valence-electron chi connectivity index (χ1n) is 6.96. The average molecular weight is 298 g/mol. The van der Waals surface area contributed by atoms with Crippen molar-refractivity contribution in [2.45, 2.75) is 19.8 Å². The zero-order valence-corrected chi connectivity index (χ0v) is 12.8. The van der Waals surface area contributed by atoms with Gasteiger partial charge >= 0.3 is 0 Å². The Morgan fingerprint density at radius 3 is 1.90 bits per heavy atom. The number of thiocarbonyl (C=S) groups is 1. The number of hydrogen-bond acceptors (Lipinski definition) is 2. The maximum Gasteiger partial charge on any atom is 0.226 e. The Bertz CT molecular complexity index is 559. The quantitative estimate of drug-likeness (QED) is 0.865. The van der Waals surface area contributed by atoms with Crippen LogP contribution in [0.25, 0.3) is 0 Å². The van der Waals surface area contributed by atoms with E-state index in [1.807, 2.05) is 72.5 Å². The number of carbonyl (C=O) groups is 1. The summed E-state index contributed by atoms with van der Waals surface area (Å²) in [5.74, 6) is -0.0561. The summed E-state index contributed by atoms with van der Waals surface area (Å²) in [5, 5.41) is 3.19. The summed E-state index contributed by atoms with van der Waals surface area (Å²) in [7, 11) is 0. The highest BCUT2D eigenvalue weighted by Crippen LogP contribution is 2.24. The third-order valence-corrected chi connectivity index (χ3v) is 3.24. The Labute approximate surface area is 130 Å². The lowest BCUT2D eigenvalue weighted by atomic mass is 10.2. The SMILES string of the molecule is CCCC(=O)NC(=S)N(c1ccccc1)c1ccccc1. The molecule has 0 saturated heterocycles. The molecule has 2 aromatic carbocycles. The van der Waals surface area contributed by atoms with Gasteiger partial charge in [0.15, 0.2) is 5.11 Å². The summed E-state index contributed by atoms with van der Waals surface area (Å²) in [6, 6.07) is 19.5. The standard InChI is InChI=1S/C17H18N2OS/c1-2-9-16(20)18-17(21)19(14-10-5-3-6-11-14)15-12-7-4-8-13-15/h3-8,10-13H,2,9H2,1H3,(H,18,20,21). The Kier molecular flexibility index (Phi) is 5.46. The summed E-state index contributed by atoms with van der Waals surface area (Å²) in [5.41, 5.74) is 1.84. The molecule has 2 rings (SSSR count). The van der Waals surface area contributed by atoms with E-state index in [9.17, 15) is 4.79 Å². The number of nitrogens with one attached hydrogen (secondary N) is 1. The van der Waals surface area contributed by atoms with Gasteiger partial charge in [0.2, 0.25) is 5.91 Å². The number of carbonyl (C=O) groups excluding carboxylic acids is 1. The van der Waals surface area contributed by atoms with Gasteiger partial charge < -0.3 is 5.32 Å². The van der Waals surface area contributed by atoms with Gasteiger partial charge in [-0.15, -0.1) is 0 Å². The molecule has 108 valence electrons. The van der Waals surface area contributed by atoms with Crippen molar-refractivity contribution >= 4 is 34.6 Å². The van der Waals surface area contributed by atoms with Crippen LogP contribution in [0.5, 0.6) is 0 Å². The first kappa shape index (κ1) is 15.2. The normalized spacial score (nSPS) is 9.95. The van der Waals surface area contributed by atoms with Gasteiger partial charge in [-0.2, -0.15) is 0 Å². The molecule has 0 aliphatic carbocycles. The highest BCUT2D eigenvalue weighted by Gasteiger charge is 2.15. The zero-order chi connectivity index (χ0) is 15.1. The molecule has 2 aromatic rings. The number of rotatable bonds is 4. The first-order chi connectivity index (χ1) is 10.2. The van der Waals surface area contributed by atoms with E-state index >= 15 is 0 Å². The molecule has 0 saturated carbocycles. The number of hydrogen-bond donors (Lipinski definition) is 1. The monoisotopic (exact) mass is 298 g/mol. The van der Waals surface area contributed by atoms with Crippen LogP contribution >= 0.6 is 12.2 Å². The molecule has 1 N–H and O–H groups in total. The van der Waals surface area contributed by atoms with E-state index < -0.39 is 0 Å². The van der Waals surface area contributed by atoms with Crippen molar-refractivity contribution in [2.75, 3.05) is 4.90 Å². The molecule has 0 unspecified atom stereocenters. The van der Waals surface area contributed by atoms with Crippen LogP contribution in [0.1, 0.15) is 19.8 Å². The molecule has 0 spiro atoms. The van der Waals surface area contributed by atoms with Crippen LogP contribution in [0.15, 0.2) is 60.7 Å². The van der Waals surface area contributed by atoms with Crippen molar-refractivity contribution in [2.24, 2.45) is 0 Å². The van der Waals surface area contributed by atoms with Crippen LogP contribution in [0, 0.1) is 0 Å². The van der Waals surface area contributed by atoms with Crippen molar-refractivity contribution in [3.05, 3.63) is 60.7 Å². The van der Waals surface area contributed by atoms with E-state index in [0.717, 1.165) is 17.8 Å². The third-order valence-electron chi connectivity index (χ3n) is 2.96. The minimum Gasteiger partial charge on any atom is -0.302 e. The van der Waals surface area contributed by atoms with Gasteiger partial charge in [-0.3, -0.25) is 9.69 Å². The van der Waals surface area contributed by atoms with Crippen LogP contribution in [0.3, 0.4) is 0 Å². The lowest BCUT2D eigenvalue weighted by molar-refractivity contribution is -0.119. The molecule has 0 fully saturated rings. The second-order valence-electron chi connectivity index (χ2n) is 4.61. The predicted octanol–water partition coefficient (Wildman–Crippen LogP) is 4.03. The van der Waals surface area contributed by atoms with Crippen LogP contribution in [-0.4, -0.2) is 11.0 Å². The second-order valence-corrected chi connectivity index (χ2v) is 5.00. The molecule has 4 heteroatoms. The molecule has 0 bridgehead atoms. The summed E-state index contributed by atoms with van der Waals surface area (Å²) < 4.78 is 0. The lowest BCUT2D eigenvalue weighted by Gasteiger charge is -2.25. The van der Waals surface area contributed by atoms with E-state index in [0.29, 0.717) is 11.5 Å². The Hall–Kier alpha value is -2.20. The van der Waals surface area contributed by atoms with Gasteiger partial charge in [-0.1, -0.05) is 43.3 Å². The number of benzene rings is 2. The molecule has 1 amide bonds. The third kappa shape index (κ3) is 4.13. The summed E-state index contributed by atoms with van der Waals surface area (Å²) in [6.07, 6.45) is 1.27. The predicted molar refractivity (Wildman–Crippen MR) is 90.7 cm³/mol. The first-order valence-corrected chi connectivity index (χ1v) is 7.37. The molecule has 0 atom stereocenters. The summed E-state index contributed by atoms with van der Waals surface area (Å²) in [4.78, 5) is 13.7. The van der Waals surface area contributed by atoms with Crippen molar-refractivity contribution in [1.29, 1.82) is 0 Å². The minimum absolute atomic E-state index is 0.0561. The molecular formula is C17H18N2OS. The maximum absolute atomic E-state index is 11.8. The van der Waals surface area contributed by atoms with Crippen molar-refractivity contribution < 1.29 is 4.79 Å². The number of para-hydroxylation sites is 2. The van der Waals surface area contributed by atoms with E-state index in [2.05, 4.69) is 5.32 Å². The van der Waals surface area contributed by atoms with Gasteiger partial charge in [0.05, 0.1) is 0 Å². The Morgan fingerprint density at radius 1 is 1.00 bits per heavy atom. The fourth-order valence-electron chi connectivity index (χ4n) is 2.00. The fourth-order valence-corrected chi connectivity index (χ4v) is 2.33.